The lowest BCUT2D eigenvalue weighted by molar-refractivity contribution is 0.0779. The molecular formula is C7H16N2O. The van der Waals surface area contributed by atoms with Crippen LogP contribution in [0.4, 0.5) is 0 Å². The van der Waals surface area contributed by atoms with E-state index < -0.39 is 0 Å². The van der Waals surface area contributed by atoms with Crippen LogP contribution in [0.25, 0.3) is 0 Å². The Balaban J connectivity index is 2.35. The van der Waals surface area contributed by atoms with Crippen molar-refractivity contribution in [1.29, 1.82) is 0 Å². The molecule has 0 unspecified atom stereocenters. The molecule has 0 aliphatic carbocycles. The van der Waals surface area contributed by atoms with Crippen LogP contribution in [0.3, 0.4) is 0 Å². The summed E-state index contributed by atoms with van der Waals surface area (Å²) in [5, 5.41) is 3.28. The van der Waals surface area contributed by atoms with Gasteiger partial charge in [0.2, 0.25) is 0 Å². The van der Waals surface area contributed by atoms with Gasteiger partial charge in [-0.3, -0.25) is 0 Å². The summed E-state index contributed by atoms with van der Waals surface area (Å²) >= 11 is 0. The fraction of sp³-hybridized carbons (Fsp3) is 1.00. The molecule has 3 heteroatoms. The van der Waals surface area contributed by atoms with Gasteiger partial charge in [0.05, 0.1) is 6.10 Å². The number of nitrogens with two attached hydrogens (primary N) is 1. The molecule has 0 bridgehead atoms. The summed E-state index contributed by atoms with van der Waals surface area (Å²) in [6, 6.07) is 0.222. The van der Waals surface area contributed by atoms with Gasteiger partial charge in [-0.25, -0.2) is 0 Å². The molecule has 0 aromatic heterocycles. The van der Waals surface area contributed by atoms with Crippen molar-refractivity contribution >= 4 is 0 Å². The fourth-order valence-corrected chi connectivity index (χ4v) is 1.33. The first-order valence-electron chi connectivity index (χ1n) is 3.83. The van der Waals surface area contributed by atoms with Crippen LogP contribution >= 0.6 is 0 Å². The van der Waals surface area contributed by atoms with E-state index in [0.717, 1.165) is 25.9 Å². The van der Waals surface area contributed by atoms with E-state index in [9.17, 15) is 0 Å². The molecule has 1 rings (SSSR count). The highest BCUT2D eigenvalue weighted by Gasteiger charge is 2.18. The lowest BCUT2D eigenvalue weighted by atomic mass is 10.1. The zero-order chi connectivity index (χ0) is 7.40. The van der Waals surface area contributed by atoms with E-state index >= 15 is 0 Å². The Kier molecular flexibility index (Phi) is 3.12. The van der Waals surface area contributed by atoms with Crippen molar-refractivity contribution < 1.29 is 4.74 Å². The van der Waals surface area contributed by atoms with Gasteiger partial charge in [0.15, 0.2) is 0 Å². The van der Waals surface area contributed by atoms with Crippen molar-refractivity contribution in [3.63, 3.8) is 0 Å². The van der Waals surface area contributed by atoms with Gasteiger partial charge < -0.3 is 15.8 Å². The standard InChI is InChI=1S/C7H16N2O/c1-10-7-3-5-9-4-2-6(7)8/h6-7,9H,2-5,8H2,1H3/t6-,7-/m1/s1. The van der Waals surface area contributed by atoms with E-state index in [-0.39, 0.29) is 12.1 Å². The van der Waals surface area contributed by atoms with Gasteiger partial charge in [-0.05, 0) is 25.9 Å². The second kappa shape index (κ2) is 3.91. The van der Waals surface area contributed by atoms with Crippen molar-refractivity contribution in [2.75, 3.05) is 20.2 Å². The second-order valence-electron chi connectivity index (χ2n) is 2.77. The molecule has 0 aromatic rings. The van der Waals surface area contributed by atoms with E-state index in [2.05, 4.69) is 5.32 Å². The first kappa shape index (κ1) is 7.98. The summed E-state index contributed by atoms with van der Waals surface area (Å²) in [4.78, 5) is 0. The Bertz CT molecular complexity index is 97.6. The van der Waals surface area contributed by atoms with Gasteiger partial charge in [0.1, 0.15) is 0 Å². The third-order valence-corrected chi connectivity index (χ3v) is 2.04. The molecule has 1 saturated heterocycles. The number of hydrogen-bond donors (Lipinski definition) is 2. The lowest BCUT2D eigenvalue weighted by Gasteiger charge is -2.18. The highest BCUT2D eigenvalue weighted by Crippen LogP contribution is 2.06. The van der Waals surface area contributed by atoms with Crippen molar-refractivity contribution in [2.45, 2.75) is 25.0 Å². The minimum atomic E-state index is 0.222. The summed E-state index contributed by atoms with van der Waals surface area (Å²) in [6.07, 6.45) is 2.32. The zero-order valence-electron chi connectivity index (χ0n) is 6.47. The molecule has 0 spiro atoms. The van der Waals surface area contributed by atoms with Crippen molar-refractivity contribution in [1.82, 2.24) is 5.32 Å². The van der Waals surface area contributed by atoms with Gasteiger partial charge in [0.25, 0.3) is 0 Å². The normalized spacial score (nSPS) is 35.4. The maximum Gasteiger partial charge on any atom is 0.0734 e. The van der Waals surface area contributed by atoms with Gasteiger partial charge in [-0.15, -0.1) is 0 Å². The largest absolute Gasteiger partial charge is 0.380 e. The summed E-state index contributed by atoms with van der Waals surface area (Å²) in [5.74, 6) is 0. The molecule has 1 heterocycles. The van der Waals surface area contributed by atoms with Crippen LogP contribution in [0.15, 0.2) is 0 Å². The lowest BCUT2D eigenvalue weighted by Crippen LogP contribution is -2.35. The van der Waals surface area contributed by atoms with Crippen LogP contribution < -0.4 is 11.1 Å². The highest BCUT2D eigenvalue weighted by atomic mass is 16.5. The summed E-state index contributed by atoms with van der Waals surface area (Å²) < 4.78 is 5.22. The SMILES string of the molecule is CO[C@@H]1CCNCC[C@H]1N. The molecule has 1 aliphatic rings. The molecule has 1 fully saturated rings. The molecule has 0 aromatic carbocycles. The first-order chi connectivity index (χ1) is 4.84. The molecule has 0 radical (unpaired) electrons. The molecule has 2 atom stereocenters. The van der Waals surface area contributed by atoms with Crippen LogP contribution in [0.1, 0.15) is 12.8 Å². The summed E-state index contributed by atoms with van der Waals surface area (Å²) in [6.45, 7) is 2.06. The van der Waals surface area contributed by atoms with Crippen LogP contribution in [-0.4, -0.2) is 32.3 Å². The minimum Gasteiger partial charge on any atom is -0.380 e. The summed E-state index contributed by atoms with van der Waals surface area (Å²) in [7, 11) is 1.73. The molecule has 0 amide bonds. The van der Waals surface area contributed by atoms with Crippen LogP contribution in [0, 0.1) is 0 Å². The Hall–Kier alpha value is -0.120. The fourth-order valence-electron chi connectivity index (χ4n) is 1.33. The Morgan fingerprint density at radius 1 is 1.40 bits per heavy atom. The van der Waals surface area contributed by atoms with Crippen LogP contribution in [0.5, 0.6) is 0 Å². The summed E-state index contributed by atoms with van der Waals surface area (Å²) in [5.41, 5.74) is 5.82. The topological polar surface area (TPSA) is 47.3 Å². The van der Waals surface area contributed by atoms with Crippen molar-refractivity contribution in [3.05, 3.63) is 0 Å². The number of methoxy groups -OCH3 is 1. The number of rotatable bonds is 1. The Labute approximate surface area is 61.9 Å². The average molecular weight is 144 g/mol. The smallest absolute Gasteiger partial charge is 0.0734 e. The average Bonchev–Trinajstić information content (AvgIpc) is 2.13. The van der Waals surface area contributed by atoms with Gasteiger partial charge in [0, 0.05) is 13.2 Å². The number of hydrogen-bond acceptors (Lipinski definition) is 3. The van der Waals surface area contributed by atoms with E-state index in [1.54, 1.807) is 7.11 Å². The van der Waals surface area contributed by atoms with Gasteiger partial charge in [-0.2, -0.15) is 0 Å². The molecule has 60 valence electrons. The zero-order valence-corrected chi connectivity index (χ0v) is 6.47. The van der Waals surface area contributed by atoms with Gasteiger partial charge >= 0.3 is 0 Å². The van der Waals surface area contributed by atoms with Crippen molar-refractivity contribution in [2.24, 2.45) is 5.73 Å². The third-order valence-electron chi connectivity index (χ3n) is 2.04. The molecule has 3 N–H and O–H groups in total. The second-order valence-corrected chi connectivity index (χ2v) is 2.77. The first-order valence-corrected chi connectivity index (χ1v) is 3.83. The predicted molar refractivity (Wildman–Crippen MR) is 40.9 cm³/mol. The molecule has 10 heavy (non-hydrogen) atoms. The molecular weight excluding hydrogens is 128 g/mol. The van der Waals surface area contributed by atoms with Crippen LogP contribution in [-0.2, 0) is 4.74 Å². The minimum absolute atomic E-state index is 0.222. The van der Waals surface area contributed by atoms with Gasteiger partial charge in [-0.1, -0.05) is 0 Å². The van der Waals surface area contributed by atoms with E-state index in [1.165, 1.54) is 0 Å². The van der Waals surface area contributed by atoms with Crippen LogP contribution in [0.2, 0.25) is 0 Å². The molecule has 0 saturated carbocycles. The Morgan fingerprint density at radius 2 is 2.10 bits per heavy atom. The monoisotopic (exact) mass is 144 g/mol. The molecule has 1 aliphatic heterocycles. The quantitative estimate of drug-likeness (QED) is 0.532. The third kappa shape index (κ3) is 1.94. The molecule has 3 nitrogen and oxygen atoms in total. The van der Waals surface area contributed by atoms with E-state index in [0.29, 0.717) is 0 Å². The maximum absolute atomic E-state index is 5.82. The maximum atomic E-state index is 5.82. The van der Waals surface area contributed by atoms with E-state index in [4.69, 9.17) is 10.5 Å². The number of nitrogens with one attached hydrogen (secondary N) is 1. The van der Waals surface area contributed by atoms with Crippen molar-refractivity contribution in [3.8, 4) is 0 Å². The van der Waals surface area contributed by atoms with E-state index in [1.807, 2.05) is 0 Å². The number of ether oxygens (including phenoxy) is 1. The highest BCUT2D eigenvalue weighted by molar-refractivity contribution is 4.78. The predicted octanol–water partition coefficient (Wildman–Crippen LogP) is -0.288. The Morgan fingerprint density at radius 3 is 2.80 bits per heavy atom.